The fourth-order valence-electron chi connectivity index (χ4n) is 1.80. The van der Waals surface area contributed by atoms with Crippen molar-refractivity contribution in [1.82, 2.24) is 5.32 Å². The lowest BCUT2D eigenvalue weighted by Crippen LogP contribution is -2.36. The molecule has 19 heavy (non-hydrogen) atoms. The Hall–Kier alpha value is -1.22. The van der Waals surface area contributed by atoms with Gasteiger partial charge in [0.15, 0.2) is 0 Å². The van der Waals surface area contributed by atoms with Gasteiger partial charge in [0.2, 0.25) is 0 Å². The van der Waals surface area contributed by atoms with Crippen LogP contribution in [0.4, 0.5) is 0 Å². The molecule has 108 valence electrons. The normalized spacial score (nSPS) is 13.1. The van der Waals surface area contributed by atoms with Crippen LogP contribution in [0.2, 0.25) is 0 Å². The minimum atomic E-state index is 0.195. The van der Waals surface area contributed by atoms with Gasteiger partial charge in [-0.2, -0.15) is 0 Å². The highest BCUT2D eigenvalue weighted by Crippen LogP contribution is 2.19. The summed E-state index contributed by atoms with van der Waals surface area (Å²) in [7, 11) is 1.67. The number of hydrogen-bond donors (Lipinski definition) is 1. The molecule has 0 fully saturated rings. The first-order chi connectivity index (χ1) is 8.90. The van der Waals surface area contributed by atoms with Crippen LogP contribution in [-0.4, -0.2) is 25.3 Å². The van der Waals surface area contributed by atoms with Crippen molar-refractivity contribution in [2.75, 3.05) is 13.7 Å². The minimum absolute atomic E-state index is 0.195. The highest BCUT2D eigenvalue weighted by atomic mass is 16.5. The van der Waals surface area contributed by atoms with Crippen molar-refractivity contribution in [2.45, 2.75) is 52.2 Å². The number of benzene rings is 1. The Morgan fingerprint density at radius 2 is 1.68 bits per heavy atom. The third-order valence-electron chi connectivity index (χ3n) is 2.84. The molecule has 0 saturated heterocycles. The second-order valence-electron chi connectivity index (χ2n) is 5.92. The molecule has 0 heterocycles. The van der Waals surface area contributed by atoms with Crippen molar-refractivity contribution in [1.29, 1.82) is 0 Å². The first-order valence-corrected chi connectivity index (χ1v) is 6.96. The van der Waals surface area contributed by atoms with Gasteiger partial charge >= 0.3 is 0 Å². The monoisotopic (exact) mass is 265 g/mol. The van der Waals surface area contributed by atoms with Crippen molar-refractivity contribution in [3.63, 3.8) is 0 Å². The molecule has 0 saturated carbocycles. The highest BCUT2D eigenvalue weighted by Gasteiger charge is 2.09. The Morgan fingerprint density at radius 3 is 2.21 bits per heavy atom. The molecule has 3 nitrogen and oxygen atoms in total. The van der Waals surface area contributed by atoms with Crippen molar-refractivity contribution >= 4 is 0 Å². The van der Waals surface area contributed by atoms with E-state index in [0.29, 0.717) is 0 Å². The van der Waals surface area contributed by atoms with Crippen molar-refractivity contribution in [3.05, 3.63) is 24.3 Å². The van der Waals surface area contributed by atoms with Crippen molar-refractivity contribution < 1.29 is 9.47 Å². The maximum absolute atomic E-state index is 5.86. The first kappa shape index (κ1) is 15.8. The number of methoxy groups -OCH3 is 1. The van der Waals surface area contributed by atoms with E-state index in [1.807, 2.05) is 24.3 Å². The molecule has 1 unspecified atom stereocenters. The molecule has 0 spiro atoms. The summed E-state index contributed by atoms with van der Waals surface area (Å²) in [6.45, 7) is 9.69. The lowest BCUT2D eigenvalue weighted by molar-refractivity contribution is 0.205. The summed E-state index contributed by atoms with van der Waals surface area (Å²) >= 11 is 0. The quantitative estimate of drug-likeness (QED) is 0.764. The van der Waals surface area contributed by atoms with Crippen LogP contribution in [0, 0.1) is 0 Å². The molecule has 0 aromatic heterocycles. The van der Waals surface area contributed by atoms with Crippen LogP contribution < -0.4 is 14.8 Å². The average Bonchev–Trinajstić information content (AvgIpc) is 2.34. The SMILES string of the molecule is COc1ccc(OC(C)CCCNC(C)(C)C)cc1. The molecule has 1 rings (SSSR count). The third kappa shape index (κ3) is 7.06. The van der Waals surface area contributed by atoms with E-state index in [4.69, 9.17) is 9.47 Å². The topological polar surface area (TPSA) is 30.5 Å². The molecular weight excluding hydrogens is 238 g/mol. The van der Waals surface area contributed by atoms with Gasteiger partial charge in [0.25, 0.3) is 0 Å². The van der Waals surface area contributed by atoms with Gasteiger partial charge in [-0.25, -0.2) is 0 Å². The van der Waals surface area contributed by atoms with Gasteiger partial charge in [-0.3, -0.25) is 0 Å². The van der Waals surface area contributed by atoms with Gasteiger partial charge in [-0.1, -0.05) is 0 Å². The fourth-order valence-corrected chi connectivity index (χ4v) is 1.80. The van der Waals surface area contributed by atoms with E-state index in [1.165, 1.54) is 0 Å². The van der Waals surface area contributed by atoms with Crippen LogP contribution in [0.25, 0.3) is 0 Å². The van der Waals surface area contributed by atoms with E-state index in [-0.39, 0.29) is 11.6 Å². The van der Waals surface area contributed by atoms with Gasteiger partial charge in [-0.05, 0) is 71.3 Å². The van der Waals surface area contributed by atoms with Crippen LogP contribution in [0.15, 0.2) is 24.3 Å². The van der Waals surface area contributed by atoms with Crippen molar-refractivity contribution in [2.24, 2.45) is 0 Å². The molecule has 0 amide bonds. The zero-order valence-corrected chi connectivity index (χ0v) is 12.8. The van der Waals surface area contributed by atoms with Crippen LogP contribution in [0.1, 0.15) is 40.5 Å². The molecular formula is C16H27NO2. The van der Waals surface area contributed by atoms with Crippen LogP contribution >= 0.6 is 0 Å². The van der Waals surface area contributed by atoms with E-state index >= 15 is 0 Å². The van der Waals surface area contributed by atoms with Gasteiger partial charge in [-0.15, -0.1) is 0 Å². The molecule has 1 N–H and O–H groups in total. The molecule has 1 aromatic carbocycles. The van der Waals surface area contributed by atoms with E-state index in [0.717, 1.165) is 30.9 Å². The van der Waals surface area contributed by atoms with E-state index in [9.17, 15) is 0 Å². The molecule has 1 atom stereocenters. The van der Waals surface area contributed by atoms with Crippen LogP contribution in [-0.2, 0) is 0 Å². The predicted octanol–water partition coefficient (Wildman–Crippen LogP) is 3.63. The zero-order chi connectivity index (χ0) is 14.3. The molecule has 0 aliphatic heterocycles. The fraction of sp³-hybridized carbons (Fsp3) is 0.625. The van der Waals surface area contributed by atoms with Gasteiger partial charge in [0.05, 0.1) is 13.2 Å². The predicted molar refractivity (Wildman–Crippen MR) is 80.1 cm³/mol. The number of rotatable bonds is 7. The van der Waals surface area contributed by atoms with Gasteiger partial charge in [0.1, 0.15) is 11.5 Å². The minimum Gasteiger partial charge on any atom is -0.497 e. The Balaban J connectivity index is 2.24. The van der Waals surface area contributed by atoms with Crippen LogP contribution in [0.5, 0.6) is 11.5 Å². The van der Waals surface area contributed by atoms with Crippen molar-refractivity contribution in [3.8, 4) is 11.5 Å². The smallest absolute Gasteiger partial charge is 0.119 e. The summed E-state index contributed by atoms with van der Waals surface area (Å²) in [6.07, 6.45) is 2.40. The molecule has 0 radical (unpaired) electrons. The third-order valence-corrected chi connectivity index (χ3v) is 2.84. The summed E-state index contributed by atoms with van der Waals surface area (Å²) in [5, 5.41) is 3.48. The Morgan fingerprint density at radius 1 is 1.11 bits per heavy atom. The molecule has 3 heteroatoms. The summed E-state index contributed by atoms with van der Waals surface area (Å²) in [5.41, 5.74) is 0.195. The first-order valence-electron chi connectivity index (χ1n) is 6.96. The average molecular weight is 265 g/mol. The van der Waals surface area contributed by atoms with Gasteiger partial charge in [0, 0.05) is 5.54 Å². The second-order valence-corrected chi connectivity index (χ2v) is 5.92. The van der Waals surface area contributed by atoms with Crippen LogP contribution in [0.3, 0.4) is 0 Å². The molecule has 0 aliphatic rings. The summed E-state index contributed by atoms with van der Waals surface area (Å²) in [5.74, 6) is 1.76. The standard InChI is InChI=1S/C16H27NO2/c1-13(7-6-12-17-16(2,3)4)19-15-10-8-14(18-5)9-11-15/h8-11,13,17H,6-7,12H2,1-5H3. The number of nitrogens with one attached hydrogen (secondary N) is 1. The summed E-state index contributed by atoms with van der Waals surface area (Å²) in [4.78, 5) is 0. The largest absolute Gasteiger partial charge is 0.497 e. The Labute approximate surface area is 117 Å². The number of ether oxygens (including phenoxy) is 2. The lowest BCUT2D eigenvalue weighted by Gasteiger charge is -2.21. The maximum Gasteiger partial charge on any atom is 0.119 e. The summed E-state index contributed by atoms with van der Waals surface area (Å²) in [6, 6.07) is 7.73. The summed E-state index contributed by atoms with van der Waals surface area (Å²) < 4.78 is 11.0. The Kier molecular flexibility index (Phi) is 6.16. The van der Waals surface area contributed by atoms with E-state index in [1.54, 1.807) is 7.11 Å². The second kappa shape index (κ2) is 7.39. The molecule has 0 aliphatic carbocycles. The van der Waals surface area contributed by atoms with E-state index < -0.39 is 0 Å². The Bertz CT molecular complexity index is 354. The molecule has 0 bridgehead atoms. The molecule has 1 aromatic rings. The lowest BCUT2D eigenvalue weighted by atomic mass is 10.1. The van der Waals surface area contributed by atoms with Gasteiger partial charge < -0.3 is 14.8 Å². The highest BCUT2D eigenvalue weighted by molar-refractivity contribution is 5.31. The zero-order valence-electron chi connectivity index (χ0n) is 12.8. The van der Waals surface area contributed by atoms with E-state index in [2.05, 4.69) is 33.0 Å². The maximum atomic E-state index is 5.86. The number of hydrogen-bond acceptors (Lipinski definition) is 3.